The first-order valence-corrected chi connectivity index (χ1v) is 13.4. The number of nitrogens with one attached hydrogen (secondary N) is 2. The Labute approximate surface area is 212 Å². The fourth-order valence-electron chi connectivity index (χ4n) is 4.61. The highest BCUT2D eigenvalue weighted by Gasteiger charge is 2.39. The van der Waals surface area contributed by atoms with Crippen molar-refractivity contribution in [1.29, 1.82) is 0 Å². The lowest BCUT2D eigenvalue weighted by atomic mass is 10.1. The number of amides is 2. The fourth-order valence-corrected chi connectivity index (χ4v) is 6.73. The van der Waals surface area contributed by atoms with Crippen molar-refractivity contribution in [1.82, 2.24) is 14.6 Å². The number of morpholine rings is 1. The summed E-state index contributed by atoms with van der Waals surface area (Å²) in [7, 11) is -4.18. The summed E-state index contributed by atoms with van der Waals surface area (Å²) in [5.41, 5.74) is 7.90. The van der Waals surface area contributed by atoms with Crippen LogP contribution < -0.4 is 11.1 Å². The molecule has 2 aliphatic rings. The van der Waals surface area contributed by atoms with Gasteiger partial charge in [0.15, 0.2) is 0 Å². The first-order chi connectivity index (χ1) is 16.7. The number of carbonyl (C=O) groups is 2. The maximum Gasteiger partial charge on any atom is 0.266 e. The molecule has 0 bridgehead atoms. The molecule has 2 amide bonds. The number of allylic oxidation sites excluding steroid dienone is 3. The van der Waals surface area contributed by atoms with E-state index in [9.17, 15) is 18.0 Å². The molecule has 2 aromatic rings. The second-order valence-electron chi connectivity index (χ2n) is 8.38. The summed E-state index contributed by atoms with van der Waals surface area (Å²) >= 11 is 3.34. The molecule has 9 nitrogen and oxygen atoms in total. The van der Waals surface area contributed by atoms with Crippen LogP contribution in [0.25, 0.3) is 10.9 Å². The van der Waals surface area contributed by atoms with E-state index in [-0.39, 0.29) is 42.2 Å². The smallest absolute Gasteiger partial charge is 0.266 e. The van der Waals surface area contributed by atoms with Crippen LogP contribution in [0.1, 0.15) is 30.3 Å². The molecule has 1 aromatic heterocycles. The molecule has 35 heavy (non-hydrogen) atoms. The van der Waals surface area contributed by atoms with Gasteiger partial charge in [-0.25, -0.2) is 8.42 Å². The third-order valence-corrected chi connectivity index (χ3v) is 8.73. The normalized spacial score (nSPS) is 23.7. The number of H-pyrrole nitrogens is 1. The van der Waals surface area contributed by atoms with Gasteiger partial charge in [0.25, 0.3) is 11.8 Å². The monoisotopic (exact) mass is 562 g/mol. The zero-order valence-corrected chi connectivity index (χ0v) is 21.6. The summed E-state index contributed by atoms with van der Waals surface area (Å²) in [5, 5.41) is 3.33. The van der Waals surface area contributed by atoms with Crippen LogP contribution in [0.3, 0.4) is 0 Å². The highest BCUT2D eigenvalue weighted by Crippen LogP contribution is 2.33. The van der Waals surface area contributed by atoms with Crippen LogP contribution >= 0.6 is 15.9 Å². The van der Waals surface area contributed by atoms with Crippen molar-refractivity contribution < 1.29 is 22.7 Å². The molecule has 2 heterocycles. The van der Waals surface area contributed by atoms with E-state index in [4.69, 9.17) is 10.5 Å². The minimum Gasteiger partial charge on any atom is -0.366 e. The minimum absolute atomic E-state index is 0.0371. The molecule has 1 saturated heterocycles. The molecule has 1 aromatic carbocycles. The van der Waals surface area contributed by atoms with E-state index in [0.717, 1.165) is 24.0 Å². The molecule has 4 N–H and O–H groups in total. The van der Waals surface area contributed by atoms with Crippen molar-refractivity contribution in [2.45, 2.75) is 36.8 Å². The number of rotatable bonds is 6. The number of sulfonamides is 1. The molecule has 186 valence electrons. The standard InChI is InChI=1S/C24H27BrN4O5S/c1-3-5-16-14(4-2)6-8-18(16)28-24(31)20-13-29(10-11-34-20)35(32,33)22-17-12-15(25)7-9-19(17)27-21(22)23(26)30/h3-5,7,9,12,18,20,27H,1,6,8,10-11,13H2,2H3,(H2,26,30)(H,28,31)/b14-4-,16-5+. The summed E-state index contributed by atoms with van der Waals surface area (Å²) in [4.78, 5) is 27.8. The highest BCUT2D eigenvalue weighted by atomic mass is 79.9. The SMILES string of the molecule is C=C/C=C1\C(=C/C)CCC1NC(=O)C1CN(S(=O)(=O)c2c(C(N)=O)[nH]c3ccc(Br)cc23)CCO1. The van der Waals surface area contributed by atoms with Crippen molar-refractivity contribution in [3.05, 3.63) is 64.3 Å². The number of hydrogen-bond donors (Lipinski definition) is 3. The number of aromatic nitrogens is 1. The third-order valence-electron chi connectivity index (χ3n) is 6.29. The molecular formula is C24H27BrN4O5S. The Bertz CT molecular complexity index is 1360. The molecule has 4 rings (SSSR count). The van der Waals surface area contributed by atoms with E-state index in [1.54, 1.807) is 24.3 Å². The van der Waals surface area contributed by atoms with E-state index in [0.29, 0.717) is 15.4 Å². The van der Waals surface area contributed by atoms with E-state index < -0.39 is 22.0 Å². The van der Waals surface area contributed by atoms with Gasteiger partial charge < -0.3 is 20.8 Å². The van der Waals surface area contributed by atoms with Crippen LogP contribution in [0, 0.1) is 0 Å². The highest BCUT2D eigenvalue weighted by molar-refractivity contribution is 9.10. The fraction of sp³-hybridized carbons (Fsp3) is 0.333. The Kier molecular flexibility index (Phi) is 7.32. The first kappa shape index (κ1) is 25.4. The Balaban J connectivity index is 1.60. The van der Waals surface area contributed by atoms with Gasteiger partial charge >= 0.3 is 0 Å². The molecule has 11 heteroatoms. The molecule has 1 aliphatic carbocycles. The summed E-state index contributed by atoms with van der Waals surface area (Å²) < 4.78 is 34.9. The Morgan fingerprint density at radius 2 is 2.14 bits per heavy atom. The average molecular weight is 563 g/mol. The van der Waals surface area contributed by atoms with Crippen LogP contribution in [-0.4, -0.2) is 61.4 Å². The van der Waals surface area contributed by atoms with Crippen molar-refractivity contribution in [2.24, 2.45) is 5.73 Å². The Morgan fingerprint density at radius 1 is 1.37 bits per heavy atom. The zero-order chi connectivity index (χ0) is 25.3. The topological polar surface area (TPSA) is 135 Å². The number of carbonyl (C=O) groups excluding carboxylic acids is 2. The van der Waals surface area contributed by atoms with Crippen LogP contribution in [0.2, 0.25) is 0 Å². The van der Waals surface area contributed by atoms with Gasteiger partial charge in [-0.1, -0.05) is 40.7 Å². The number of nitrogens with two attached hydrogens (primary N) is 1. The van der Waals surface area contributed by atoms with E-state index in [1.807, 2.05) is 19.1 Å². The van der Waals surface area contributed by atoms with Crippen molar-refractivity contribution in [2.75, 3.05) is 19.7 Å². The van der Waals surface area contributed by atoms with Gasteiger partial charge in [0.05, 0.1) is 12.6 Å². The lowest BCUT2D eigenvalue weighted by Crippen LogP contribution is -2.53. The van der Waals surface area contributed by atoms with Crippen molar-refractivity contribution >= 4 is 48.7 Å². The van der Waals surface area contributed by atoms with Crippen LogP contribution in [0.4, 0.5) is 0 Å². The molecule has 2 atom stereocenters. The summed E-state index contributed by atoms with van der Waals surface area (Å²) in [6, 6.07) is 4.80. The number of fused-ring (bicyclic) bond motifs is 1. The number of halogens is 1. The predicted molar refractivity (Wildman–Crippen MR) is 136 cm³/mol. The Morgan fingerprint density at radius 3 is 2.83 bits per heavy atom. The third kappa shape index (κ3) is 4.86. The van der Waals surface area contributed by atoms with Crippen molar-refractivity contribution in [3.63, 3.8) is 0 Å². The second-order valence-corrected chi connectivity index (χ2v) is 11.2. The van der Waals surface area contributed by atoms with Gasteiger partial charge in [0.2, 0.25) is 10.0 Å². The van der Waals surface area contributed by atoms with Gasteiger partial charge in [-0.05, 0) is 49.1 Å². The second kappa shape index (κ2) is 10.1. The summed E-state index contributed by atoms with van der Waals surface area (Å²) in [6.07, 6.45) is 6.16. The quantitative estimate of drug-likeness (QED) is 0.497. The maximum absolute atomic E-state index is 13.7. The van der Waals surface area contributed by atoms with E-state index in [1.165, 1.54) is 4.31 Å². The minimum atomic E-state index is -4.18. The lowest BCUT2D eigenvalue weighted by molar-refractivity contribution is -0.136. The van der Waals surface area contributed by atoms with E-state index in [2.05, 4.69) is 32.8 Å². The summed E-state index contributed by atoms with van der Waals surface area (Å²) in [6.45, 7) is 5.60. The van der Waals surface area contributed by atoms with E-state index >= 15 is 0 Å². The number of ether oxygens (including phenoxy) is 1. The van der Waals surface area contributed by atoms with Gasteiger partial charge in [0.1, 0.15) is 16.7 Å². The van der Waals surface area contributed by atoms with Crippen LogP contribution in [-0.2, 0) is 19.6 Å². The first-order valence-electron chi connectivity index (χ1n) is 11.2. The average Bonchev–Trinajstić information content (AvgIpc) is 3.40. The zero-order valence-electron chi connectivity index (χ0n) is 19.2. The lowest BCUT2D eigenvalue weighted by Gasteiger charge is -2.32. The molecule has 0 spiro atoms. The van der Waals surface area contributed by atoms with Gasteiger partial charge in [-0.2, -0.15) is 4.31 Å². The molecule has 1 aliphatic heterocycles. The van der Waals surface area contributed by atoms with Crippen molar-refractivity contribution in [3.8, 4) is 0 Å². The van der Waals surface area contributed by atoms with Gasteiger partial charge in [-0.3, -0.25) is 9.59 Å². The largest absolute Gasteiger partial charge is 0.366 e. The molecule has 2 unspecified atom stereocenters. The molecule has 0 radical (unpaired) electrons. The number of benzene rings is 1. The van der Waals surface area contributed by atoms with Gasteiger partial charge in [0, 0.05) is 28.5 Å². The number of nitrogens with zero attached hydrogens (tertiary/aromatic N) is 1. The van der Waals surface area contributed by atoms with Gasteiger partial charge in [-0.15, -0.1) is 0 Å². The molecule has 1 saturated carbocycles. The van der Waals surface area contributed by atoms with Crippen LogP contribution in [0.15, 0.2) is 63.5 Å². The summed E-state index contributed by atoms with van der Waals surface area (Å²) in [5.74, 6) is -1.28. The number of aromatic amines is 1. The maximum atomic E-state index is 13.7. The molecular weight excluding hydrogens is 536 g/mol. The predicted octanol–water partition coefficient (Wildman–Crippen LogP) is 2.76. The Hall–Kier alpha value is -2.73. The number of primary amides is 1. The molecule has 2 fully saturated rings. The number of hydrogen-bond acceptors (Lipinski definition) is 5. The van der Waals surface area contributed by atoms with Crippen LogP contribution in [0.5, 0.6) is 0 Å².